The summed E-state index contributed by atoms with van der Waals surface area (Å²) in [6.07, 6.45) is 2.04. The van der Waals surface area contributed by atoms with Crippen LogP contribution >= 0.6 is 0 Å². The largest absolute Gasteiger partial charge is 0.496 e. The fraction of sp³-hybridized carbons (Fsp3) is 0.571. The molecule has 1 aromatic rings. The molecule has 0 aliphatic heterocycles. The molecule has 0 amide bonds. The highest BCUT2D eigenvalue weighted by Crippen LogP contribution is 2.24. The molecule has 0 radical (unpaired) electrons. The van der Waals surface area contributed by atoms with E-state index in [9.17, 15) is 0 Å². The number of aryl methyl sites for hydroxylation is 1. The van der Waals surface area contributed by atoms with Gasteiger partial charge in [-0.25, -0.2) is 0 Å². The van der Waals surface area contributed by atoms with Crippen LogP contribution in [0.15, 0.2) is 18.2 Å². The number of likely N-dealkylation sites (N-methyl/N-ethyl adjacent to an activating group) is 1. The van der Waals surface area contributed by atoms with Gasteiger partial charge in [0, 0.05) is 5.54 Å². The maximum absolute atomic E-state index is 5.41. The van der Waals surface area contributed by atoms with Gasteiger partial charge < -0.3 is 10.1 Å². The molecule has 0 aromatic heterocycles. The van der Waals surface area contributed by atoms with Crippen molar-refractivity contribution in [2.24, 2.45) is 0 Å². The Balaban J connectivity index is 3.00. The van der Waals surface area contributed by atoms with E-state index in [1.54, 1.807) is 7.11 Å². The lowest BCUT2D eigenvalue weighted by atomic mass is 9.93. The molecule has 0 spiro atoms. The van der Waals surface area contributed by atoms with Gasteiger partial charge in [0.2, 0.25) is 0 Å². The predicted molar refractivity (Wildman–Crippen MR) is 69.2 cm³/mol. The van der Waals surface area contributed by atoms with Crippen LogP contribution in [0.25, 0.3) is 0 Å². The highest BCUT2D eigenvalue weighted by Gasteiger charge is 2.18. The van der Waals surface area contributed by atoms with Gasteiger partial charge in [-0.1, -0.05) is 19.1 Å². The number of ether oxygens (including phenoxy) is 1. The standard InChI is InChI=1S/C14H23NO/c1-6-11-7-8-13(16-5)12(9-11)10-14(2,3)15-4/h7-9,15H,6,10H2,1-5H3. The molecule has 1 rings (SSSR count). The van der Waals surface area contributed by atoms with Crippen LogP contribution in [0.3, 0.4) is 0 Å². The SMILES string of the molecule is CCc1ccc(OC)c(CC(C)(C)NC)c1. The number of nitrogens with one attached hydrogen (secondary N) is 1. The molecule has 1 aromatic carbocycles. The topological polar surface area (TPSA) is 21.3 Å². The molecule has 16 heavy (non-hydrogen) atoms. The van der Waals surface area contributed by atoms with E-state index in [1.165, 1.54) is 11.1 Å². The third kappa shape index (κ3) is 3.24. The molecule has 2 nitrogen and oxygen atoms in total. The fourth-order valence-electron chi connectivity index (χ4n) is 1.75. The van der Waals surface area contributed by atoms with Crippen molar-refractivity contribution < 1.29 is 4.74 Å². The highest BCUT2D eigenvalue weighted by molar-refractivity contribution is 5.38. The lowest BCUT2D eigenvalue weighted by molar-refractivity contribution is 0.386. The van der Waals surface area contributed by atoms with Crippen molar-refractivity contribution in [1.82, 2.24) is 5.32 Å². The molecule has 2 heteroatoms. The van der Waals surface area contributed by atoms with Crippen LogP contribution in [0.5, 0.6) is 5.75 Å². The predicted octanol–water partition coefficient (Wildman–Crippen LogP) is 2.80. The first kappa shape index (κ1) is 13.0. The second-order valence-corrected chi connectivity index (χ2v) is 4.81. The molecule has 1 N–H and O–H groups in total. The van der Waals surface area contributed by atoms with Crippen LogP contribution in [0.4, 0.5) is 0 Å². The van der Waals surface area contributed by atoms with Crippen molar-refractivity contribution in [3.05, 3.63) is 29.3 Å². The van der Waals surface area contributed by atoms with Crippen molar-refractivity contribution >= 4 is 0 Å². The minimum atomic E-state index is 0.0969. The average molecular weight is 221 g/mol. The van der Waals surface area contributed by atoms with Gasteiger partial charge >= 0.3 is 0 Å². The molecule has 90 valence electrons. The van der Waals surface area contributed by atoms with Gasteiger partial charge in [-0.3, -0.25) is 0 Å². The normalized spacial score (nSPS) is 11.6. The Morgan fingerprint density at radius 3 is 2.50 bits per heavy atom. The van der Waals surface area contributed by atoms with E-state index < -0.39 is 0 Å². The summed E-state index contributed by atoms with van der Waals surface area (Å²) in [5.41, 5.74) is 2.74. The summed E-state index contributed by atoms with van der Waals surface area (Å²) in [5.74, 6) is 0.987. The third-order valence-corrected chi connectivity index (χ3v) is 3.06. The quantitative estimate of drug-likeness (QED) is 0.825. The van der Waals surface area contributed by atoms with Crippen molar-refractivity contribution in [3.8, 4) is 5.75 Å². The molecular formula is C14H23NO. The maximum atomic E-state index is 5.41. The van der Waals surface area contributed by atoms with Crippen LogP contribution in [0.1, 0.15) is 31.9 Å². The second-order valence-electron chi connectivity index (χ2n) is 4.81. The molecular weight excluding hydrogens is 198 g/mol. The molecule has 0 bridgehead atoms. The van der Waals surface area contributed by atoms with Gasteiger partial charge in [0.1, 0.15) is 5.75 Å². The summed E-state index contributed by atoms with van der Waals surface area (Å²) < 4.78 is 5.41. The molecule has 0 unspecified atom stereocenters. The first-order chi connectivity index (χ1) is 7.52. The summed E-state index contributed by atoms with van der Waals surface area (Å²) in [4.78, 5) is 0. The van der Waals surface area contributed by atoms with E-state index >= 15 is 0 Å². The van der Waals surface area contributed by atoms with Crippen molar-refractivity contribution in [2.75, 3.05) is 14.2 Å². The number of hydrogen-bond donors (Lipinski definition) is 1. The number of hydrogen-bond acceptors (Lipinski definition) is 2. The molecule has 0 heterocycles. The van der Waals surface area contributed by atoms with Crippen LogP contribution < -0.4 is 10.1 Å². The second kappa shape index (κ2) is 5.35. The van der Waals surface area contributed by atoms with E-state index in [4.69, 9.17) is 4.74 Å². The van der Waals surface area contributed by atoms with Gasteiger partial charge in [0.25, 0.3) is 0 Å². The smallest absolute Gasteiger partial charge is 0.122 e. The zero-order chi connectivity index (χ0) is 12.2. The van der Waals surface area contributed by atoms with Crippen LogP contribution in [0.2, 0.25) is 0 Å². The molecule has 0 fully saturated rings. The van der Waals surface area contributed by atoms with E-state index in [1.807, 2.05) is 7.05 Å². The molecule has 0 aliphatic carbocycles. The van der Waals surface area contributed by atoms with Crippen LogP contribution in [-0.2, 0) is 12.8 Å². The van der Waals surface area contributed by atoms with Gasteiger partial charge in [0.15, 0.2) is 0 Å². The Kier molecular flexibility index (Phi) is 4.36. The number of benzene rings is 1. The van der Waals surface area contributed by atoms with Gasteiger partial charge in [0.05, 0.1) is 7.11 Å². The first-order valence-electron chi connectivity index (χ1n) is 5.87. The minimum Gasteiger partial charge on any atom is -0.496 e. The first-order valence-corrected chi connectivity index (χ1v) is 5.87. The highest BCUT2D eigenvalue weighted by atomic mass is 16.5. The van der Waals surface area contributed by atoms with E-state index in [2.05, 4.69) is 44.3 Å². The average Bonchev–Trinajstić information content (AvgIpc) is 2.28. The van der Waals surface area contributed by atoms with Crippen molar-refractivity contribution in [2.45, 2.75) is 39.2 Å². The summed E-state index contributed by atoms with van der Waals surface area (Å²) in [7, 11) is 3.73. The van der Waals surface area contributed by atoms with Gasteiger partial charge in [-0.05, 0) is 50.9 Å². The molecule has 0 saturated heterocycles. The molecule has 0 aliphatic rings. The summed E-state index contributed by atoms with van der Waals surface area (Å²) in [5, 5.41) is 3.32. The fourth-order valence-corrected chi connectivity index (χ4v) is 1.75. The van der Waals surface area contributed by atoms with Crippen molar-refractivity contribution in [1.29, 1.82) is 0 Å². The Bertz CT molecular complexity index is 345. The monoisotopic (exact) mass is 221 g/mol. The molecule has 0 atom stereocenters. The zero-order valence-corrected chi connectivity index (χ0v) is 11.1. The minimum absolute atomic E-state index is 0.0969. The lowest BCUT2D eigenvalue weighted by Gasteiger charge is -2.25. The summed E-state index contributed by atoms with van der Waals surface area (Å²) >= 11 is 0. The Morgan fingerprint density at radius 2 is 2.00 bits per heavy atom. The zero-order valence-electron chi connectivity index (χ0n) is 11.1. The van der Waals surface area contributed by atoms with Gasteiger partial charge in [-0.15, -0.1) is 0 Å². The van der Waals surface area contributed by atoms with Crippen LogP contribution in [-0.4, -0.2) is 19.7 Å². The summed E-state index contributed by atoms with van der Waals surface area (Å²) in [6, 6.07) is 6.45. The Hall–Kier alpha value is -1.02. The van der Waals surface area contributed by atoms with E-state index in [0.29, 0.717) is 0 Å². The van der Waals surface area contributed by atoms with Crippen LogP contribution in [0, 0.1) is 0 Å². The molecule has 0 saturated carbocycles. The van der Waals surface area contributed by atoms with E-state index in [0.717, 1.165) is 18.6 Å². The third-order valence-electron chi connectivity index (χ3n) is 3.06. The number of methoxy groups -OCH3 is 1. The summed E-state index contributed by atoms with van der Waals surface area (Å²) in [6.45, 7) is 6.57. The Labute approximate surface area is 99.0 Å². The number of rotatable bonds is 5. The van der Waals surface area contributed by atoms with E-state index in [-0.39, 0.29) is 5.54 Å². The lowest BCUT2D eigenvalue weighted by Crippen LogP contribution is -2.38. The van der Waals surface area contributed by atoms with Crippen molar-refractivity contribution in [3.63, 3.8) is 0 Å². The maximum Gasteiger partial charge on any atom is 0.122 e. The van der Waals surface area contributed by atoms with Gasteiger partial charge in [-0.2, -0.15) is 0 Å². The Morgan fingerprint density at radius 1 is 1.31 bits per heavy atom.